The largest absolute Gasteiger partial charge is 0.506 e. The van der Waals surface area contributed by atoms with Crippen LogP contribution in [0.2, 0.25) is 0 Å². The summed E-state index contributed by atoms with van der Waals surface area (Å²) in [5.74, 6) is -1.66. The molecule has 1 saturated heterocycles. The number of anilines is 2. The zero-order valence-electron chi connectivity index (χ0n) is 22.9. The third-order valence-electron chi connectivity index (χ3n) is 6.36. The van der Waals surface area contributed by atoms with Gasteiger partial charge >= 0.3 is 11.9 Å². The Hall–Kier alpha value is -3.61. The van der Waals surface area contributed by atoms with Crippen molar-refractivity contribution in [2.24, 2.45) is 0 Å². The molecule has 1 heterocycles. The first-order valence-corrected chi connectivity index (χ1v) is 15.0. The number of carbonyl (C=O) groups excluding carboxylic acids is 2. The number of aliphatic hydroxyl groups is 1. The Morgan fingerprint density at radius 3 is 2.20 bits per heavy atom. The molecular formula is C28H37N3O8S. The number of rotatable bonds is 12. The maximum Gasteiger partial charge on any atom is 0.345 e. The molecule has 218 valence electrons. The van der Waals surface area contributed by atoms with Crippen molar-refractivity contribution in [2.45, 2.75) is 38.8 Å². The average Bonchev–Trinajstić information content (AvgIpc) is 2.91. The Labute approximate surface area is 234 Å². The van der Waals surface area contributed by atoms with Gasteiger partial charge in [0.2, 0.25) is 10.0 Å². The van der Waals surface area contributed by atoms with Gasteiger partial charge in [-0.05, 0) is 68.2 Å². The Balaban J connectivity index is 1.54. The minimum absolute atomic E-state index is 0.0203. The van der Waals surface area contributed by atoms with Gasteiger partial charge in [0, 0.05) is 31.4 Å². The number of esters is 2. The number of benzene rings is 2. The highest BCUT2D eigenvalue weighted by Gasteiger charge is 2.22. The highest BCUT2D eigenvalue weighted by Crippen LogP contribution is 2.28. The van der Waals surface area contributed by atoms with Crippen LogP contribution in [0, 0.1) is 0 Å². The molecule has 0 amide bonds. The zero-order valence-corrected chi connectivity index (χ0v) is 23.7. The molecule has 1 fully saturated rings. The molecule has 11 nitrogen and oxygen atoms in total. The summed E-state index contributed by atoms with van der Waals surface area (Å²) in [6.07, 6.45) is 3.27. The van der Waals surface area contributed by atoms with E-state index in [0.717, 1.165) is 37.9 Å². The second-order valence-corrected chi connectivity index (χ2v) is 11.2. The lowest BCUT2D eigenvalue weighted by Gasteiger charge is -2.34. The molecule has 3 rings (SSSR count). The predicted octanol–water partition coefficient (Wildman–Crippen LogP) is 2.57. The lowest BCUT2D eigenvalue weighted by Crippen LogP contribution is -2.43. The first-order chi connectivity index (χ1) is 19.0. The summed E-state index contributed by atoms with van der Waals surface area (Å²) in [6.45, 7) is 5.50. The summed E-state index contributed by atoms with van der Waals surface area (Å²) >= 11 is 0. The maximum atomic E-state index is 12.2. The van der Waals surface area contributed by atoms with Gasteiger partial charge in [0.15, 0.2) is 0 Å². The number of nitrogens with zero attached hydrogens (tertiary/aromatic N) is 1. The molecule has 4 N–H and O–H groups in total. The standard InChI is InChI=1S/C28H37N3O8S/c1-4-38-27(34)23(28(35)39-5-2)16-19-6-9-22(10-7-19)31-14-12-21(13-15-31)29-18-26(33)20-8-11-25(32)24(17-20)30-40(3,36)37/h6-11,16-17,21,26,29-30,32-33H,4-5,12-15,18H2,1-3H3. The fraction of sp³-hybridized carbons (Fsp3) is 0.429. The number of nitrogens with one attached hydrogen (secondary N) is 2. The van der Waals surface area contributed by atoms with E-state index in [0.29, 0.717) is 11.1 Å². The molecule has 0 aromatic heterocycles. The number of hydrogen-bond acceptors (Lipinski definition) is 10. The topological polar surface area (TPSA) is 154 Å². The smallest absolute Gasteiger partial charge is 0.345 e. The fourth-order valence-electron chi connectivity index (χ4n) is 4.35. The second-order valence-electron chi connectivity index (χ2n) is 9.43. The van der Waals surface area contributed by atoms with Crippen LogP contribution in [0.4, 0.5) is 11.4 Å². The number of hydrogen-bond donors (Lipinski definition) is 4. The Morgan fingerprint density at radius 1 is 1.05 bits per heavy atom. The molecule has 0 saturated carbocycles. The highest BCUT2D eigenvalue weighted by atomic mass is 32.2. The third kappa shape index (κ3) is 8.97. The van der Waals surface area contributed by atoms with Gasteiger partial charge in [0.25, 0.3) is 0 Å². The SMILES string of the molecule is CCOC(=O)C(=Cc1ccc(N2CCC(NCC(O)c3ccc(O)c(NS(C)(=O)=O)c3)CC2)cc1)C(=O)OCC. The summed E-state index contributed by atoms with van der Waals surface area (Å²) in [7, 11) is -3.57. The first-order valence-electron chi connectivity index (χ1n) is 13.1. The highest BCUT2D eigenvalue weighted by molar-refractivity contribution is 7.92. The molecule has 0 bridgehead atoms. The summed E-state index contributed by atoms with van der Waals surface area (Å²) in [4.78, 5) is 26.7. The van der Waals surface area contributed by atoms with Crippen molar-refractivity contribution in [3.8, 4) is 5.75 Å². The van der Waals surface area contributed by atoms with Crippen molar-refractivity contribution in [3.63, 3.8) is 0 Å². The predicted molar refractivity (Wildman–Crippen MR) is 152 cm³/mol. The van der Waals surface area contributed by atoms with Crippen molar-refractivity contribution >= 4 is 39.4 Å². The van der Waals surface area contributed by atoms with Crippen LogP contribution in [-0.2, 0) is 29.1 Å². The minimum Gasteiger partial charge on any atom is -0.506 e. The van der Waals surface area contributed by atoms with E-state index in [1.54, 1.807) is 19.9 Å². The monoisotopic (exact) mass is 575 g/mol. The number of aliphatic hydroxyl groups excluding tert-OH is 1. The van der Waals surface area contributed by atoms with Crippen molar-refractivity contribution in [2.75, 3.05) is 48.7 Å². The molecule has 2 aromatic carbocycles. The number of ether oxygens (including phenoxy) is 2. The van der Waals surface area contributed by atoms with Gasteiger partial charge in [0.05, 0.1) is 31.3 Å². The maximum absolute atomic E-state index is 12.2. The van der Waals surface area contributed by atoms with Crippen molar-refractivity contribution in [3.05, 3.63) is 59.2 Å². The molecule has 1 aliphatic rings. The van der Waals surface area contributed by atoms with Crippen molar-refractivity contribution in [1.82, 2.24) is 5.32 Å². The lowest BCUT2D eigenvalue weighted by molar-refractivity contribution is -0.146. The van der Waals surface area contributed by atoms with Gasteiger partial charge in [-0.15, -0.1) is 0 Å². The van der Waals surface area contributed by atoms with E-state index in [1.165, 1.54) is 18.2 Å². The van der Waals surface area contributed by atoms with Crippen LogP contribution in [0.3, 0.4) is 0 Å². The summed E-state index contributed by atoms with van der Waals surface area (Å²) in [6, 6.07) is 12.0. The fourth-order valence-corrected chi connectivity index (χ4v) is 4.91. The van der Waals surface area contributed by atoms with Gasteiger partial charge in [0.1, 0.15) is 11.3 Å². The van der Waals surface area contributed by atoms with Crippen LogP contribution in [-0.4, -0.2) is 75.7 Å². The number of phenols is 1. The van der Waals surface area contributed by atoms with Gasteiger partial charge in [-0.25, -0.2) is 18.0 Å². The third-order valence-corrected chi connectivity index (χ3v) is 6.95. The molecule has 2 aromatic rings. The molecular weight excluding hydrogens is 538 g/mol. The van der Waals surface area contributed by atoms with Crippen LogP contribution in [0.25, 0.3) is 6.08 Å². The van der Waals surface area contributed by atoms with Crippen LogP contribution in [0.5, 0.6) is 5.75 Å². The Kier molecular flexibility index (Phi) is 10.9. The van der Waals surface area contributed by atoms with Gasteiger partial charge in [-0.3, -0.25) is 4.72 Å². The van der Waals surface area contributed by atoms with Crippen LogP contribution in [0.15, 0.2) is 48.0 Å². The summed E-state index contributed by atoms with van der Waals surface area (Å²) in [5.41, 5.74) is 2.04. The number of piperidine rings is 1. The number of phenolic OH excluding ortho intramolecular Hbond substituents is 1. The van der Waals surface area contributed by atoms with E-state index >= 15 is 0 Å². The van der Waals surface area contributed by atoms with Crippen LogP contribution in [0.1, 0.15) is 43.9 Å². The van der Waals surface area contributed by atoms with Gasteiger partial charge in [-0.2, -0.15) is 0 Å². The van der Waals surface area contributed by atoms with Crippen molar-refractivity contribution < 1.29 is 37.7 Å². The molecule has 0 spiro atoms. The van der Waals surface area contributed by atoms with Gasteiger partial charge < -0.3 is 29.9 Å². The molecule has 12 heteroatoms. The molecule has 1 atom stereocenters. The Morgan fingerprint density at radius 2 is 1.65 bits per heavy atom. The zero-order chi connectivity index (χ0) is 29.3. The molecule has 40 heavy (non-hydrogen) atoms. The van der Waals surface area contributed by atoms with E-state index in [-0.39, 0.29) is 42.8 Å². The molecule has 0 radical (unpaired) electrons. The van der Waals surface area contributed by atoms with Crippen LogP contribution < -0.4 is 14.9 Å². The van der Waals surface area contributed by atoms with Crippen LogP contribution >= 0.6 is 0 Å². The lowest BCUT2D eigenvalue weighted by atomic mass is 10.0. The number of carbonyl (C=O) groups is 2. The molecule has 1 aliphatic heterocycles. The van der Waals surface area contributed by atoms with E-state index in [9.17, 15) is 28.2 Å². The van der Waals surface area contributed by atoms with E-state index in [4.69, 9.17) is 9.47 Å². The molecule has 1 unspecified atom stereocenters. The van der Waals surface area contributed by atoms with Gasteiger partial charge in [-0.1, -0.05) is 18.2 Å². The first kappa shape index (κ1) is 30.9. The van der Waals surface area contributed by atoms with E-state index < -0.39 is 28.1 Å². The minimum atomic E-state index is -3.57. The van der Waals surface area contributed by atoms with Crippen molar-refractivity contribution in [1.29, 1.82) is 0 Å². The number of aromatic hydroxyl groups is 1. The quantitative estimate of drug-likeness (QED) is 0.0976. The van der Waals surface area contributed by atoms with E-state index in [2.05, 4.69) is 14.9 Å². The Bertz CT molecular complexity index is 1280. The number of sulfonamides is 1. The molecule has 0 aliphatic carbocycles. The average molecular weight is 576 g/mol. The normalized spacial score (nSPS) is 14.8. The van der Waals surface area contributed by atoms with E-state index in [1.807, 2.05) is 24.3 Å². The summed E-state index contributed by atoms with van der Waals surface area (Å²) in [5, 5.41) is 23.9. The summed E-state index contributed by atoms with van der Waals surface area (Å²) < 4.78 is 35.2. The second kappa shape index (κ2) is 14.1.